The van der Waals surface area contributed by atoms with E-state index in [1.54, 1.807) is 7.11 Å². The molecular formula is C20H33ClN4O. The second-order valence-corrected chi connectivity index (χ2v) is 7.44. The van der Waals surface area contributed by atoms with Gasteiger partial charge in [-0.15, -0.1) is 0 Å². The quantitative estimate of drug-likeness (QED) is 0.537. The molecule has 6 heteroatoms. The lowest BCUT2D eigenvalue weighted by Crippen LogP contribution is -2.44. The monoisotopic (exact) mass is 380 g/mol. The second kappa shape index (κ2) is 11.4. The molecule has 2 rings (SSSR count). The lowest BCUT2D eigenvalue weighted by atomic mass is 9.96. The van der Waals surface area contributed by atoms with Crippen molar-refractivity contribution in [3.63, 3.8) is 0 Å². The van der Waals surface area contributed by atoms with Crippen molar-refractivity contribution >= 4 is 17.6 Å². The number of nitrogens with zero attached hydrogens (tertiary/aromatic N) is 2. The minimum atomic E-state index is 0.246. The highest BCUT2D eigenvalue weighted by Gasteiger charge is 2.19. The van der Waals surface area contributed by atoms with Crippen LogP contribution in [0.1, 0.15) is 32.3 Å². The molecule has 5 nitrogen and oxygen atoms in total. The van der Waals surface area contributed by atoms with Crippen LogP contribution in [0.2, 0.25) is 5.02 Å². The summed E-state index contributed by atoms with van der Waals surface area (Å²) in [6.45, 7) is 9.75. The van der Waals surface area contributed by atoms with E-state index in [0.29, 0.717) is 12.5 Å². The number of likely N-dealkylation sites (tertiary alicyclic amines) is 1. The molecule has 0 aromatic heterocycles. The van der Waals surface area contributed by atoms with Crippen LogP contribution in [0.4, 0.5) is 0 Å². The summed E-state index contributed by atoms with van der Waals surface area (Å²) in [5.74, 6) is 1.53. The Morgan fingerprint density at radius 1 is 1.35 bits per heavy atom. The van der Waals surface area contributed by atoms with Gasteiger partial charge in [0, 0.05) is 37.8 Å². The van der Waals surface area contributed by atoms with Crippen LogP contribution in [-0.4, -0.2) is 56.8 Å². The Morgan fingerprint density at radius 3 is 2.73 bits per heavy atom. The first-order chi connectivity index (χ1) is 12.6. The molecule has 146 valence electrons. The highest BCUT2D eigenvalue weighted by atomic mass is 35.5. The largest absolute Gasteiger partial charge is 0.383 e. The third kappa shape index (κ3) is 7.14. The van der Waals surface area contributed by atoms with Crippen LogP contribution >= 0.6 is 11.6 Å². The van der Waals surface area contributed by atoms with Crippen molar-refractivity contribution in [1.82, 2.24) is 15.5 Å². The van der Waals surface area contributed by atoms with Gasteiger partial charge in [0.15, 0.2) is 5.96 Å². The number of rotatable bonds is 8. The molecule has 26 heavy (non-hydrogen) atoms. The number of hydrogen-bond donors (Lipinski definition) is 2. The molecule has 1 atom stereocenters. The van der Waals surface area contributed by atoms with Gasteiger partial charge < -0.3 is 15.4 Å². The summed E-state index contributed by atoms with van der Waals surface area (Å²) in [6, 6.07) is 8.38. The highest BCUT2D eigenvalue weighted by Crippen LogP contribution is 2.22. The maximum absolute atomic E-state index is 6.28. The zero-order valence-corrected chi connectivity index (χ0v) is 17.1. The molecule has 0 bridgehead atoms. The van der Waals surface area contributed by atoms with Gasteiger partial charge in [-0.05, 0) is 57.3 Å². The highest BCUT2D eigenvalue weighted by molar-refractivity contribution is 6.31. The number of piperidine rings is 1. The van der Waals surface area contributed by atoms with Crippen molar-refractivity contribution in [1.29, 1.82) is 0 Å². The van der Waals surface area contributed by atoms with Gasteiger partial charge >= 0.3 is 0 Å². The van der Waals surface area contributed by atoms with Crippen molar-refractivity contribution in [2.45, 2.75) is 39.3 Å². The molecule has 1 unspecified atom stereocenters. The first-order valence-electron chi connectivity index (χ1n) is 9.62. The van der Waals surface area contributed by atoms with Gasteiger partial charge in [-0.3, -0.25) is 9.89 Å². The number of guanidine groups is 1. The first-order valence-corrected chi connectivity index (χ1v) is 9.99. The number of benzene rings is 1. The van der Waals surface area contributed by atoms with E-state index in [4.69, 9.17) is 21.3 Å². The molecule has 1 aliphatic heterocycles. The lowest BCUT2D eigenvalue weighted by molar-refractivity contribution is 0.177. The number of nitrogens with one attached hydrogen (secondary N) is 2. The van der Waals surface area contributed by atoms with E-state index in [9.17, 15) is 0 Å². The van der Waals surface area contributed by atoms with Crippen LogP contribution in [0.3, 0.4) is 0 Å². The van der Waals surface area contributed by atoms with Gasteiger partial charge in [0.05, 0.1) is 6.61 Å². The predicted octanol–water partition coefficient (Wildman–Crippen LogP) is 3.14. The molecule has 0 saturated carbocycles. The zero-order chi connectivity index (χ0) is 18.8. The molecule has 1 aromatic carbocycles. The van der Waals surface area contributed by atoms with Crippen LogP contribution in [-0.2, 0) is 11.3 Å². The molecule has 1 aliphatic rings. The summed E-state index contributed by atoms with van der Waals surface area (Å²) in [5, 5.41) is 7.58. The fourth-order valence-electron chi connectivity index (χ4n) is 3.26. The Hall–Kier alpha value is -1.30. The number of hydrogen-bond acceptors (Lipinski definition) is 3. The molecule has 1 aromatic rings. The van der Waals surface area contributed by atoms with Crippen molar-refractivity contribution < 1.29 is 4.74 Å². The van der Waals surface area contributed by atoms with E-state index in [1.807, 2.05) is 12.1 Å². The van der Waals surface area contributed by atoms with Crippen molar-refractivity contribution in [2.75, 3.05) is 39.9 Å². The maximum atomic E-state index is 6.28. The Kier molecular flexibility index (Phi) is 9.23. The molecule has 0 aliphatic carbocycles. The van der Waals surface area contributed by atoms with E-state index >= 15 is 0 Å². The standard InChI is InChI=1S/C20H33ClN4O/c1-4-22-20(24-16(2)15-26-3)23-13-17-9-11-25(12-10-17)14-18-7-5-6-8-19(18)21/h5-8,16-17H,4,9-15H2,1-3H3,(H2,22,23,24). The molecule has 2 N–H and O–H groups in total. The number of ether oxygens (including phenoxy) is 1. The Morgan fingerprint density at radius 2 is 2.08 bits per heavy atom. The predicted molar refractivity (Wildman–Crippen MR) is 110 cm³/mol. The van der Waals surface area contributed by atoms with E-state index < -0.39 is 0 Å². The summed E-state index contributed by atoms with van der Waals surface area (Å²) in [5.41, 5.74) is 1.22. The normalized spacial score (nSPS) is 17.9. The van der Waals surface area contributed by atoms with Crippen LogP contribution < -0.4 is 10.6 Å². The maximum Gasteiger partial charge on any atom is 0.191 e. The van der Waals surface area contributed by atoms with Gasteiger partial charge in [-0.2, -0.15) is 0 Å². The second-order valence-electron chi connectivity index (χ2n) is 7.03. The molecule has 1 saturated heterocycles. The molecule has 0 radical (unpaired) electrons. The number of halogens is 1. The SMILES string of the molecule is CCNC(=NCC1CCN(Cc2ccccc2Cl)CC1)NC(C)COC. The van der Waals surface area contributed by atoms with Gasteiger partial charge in [0.25, 0.3) is 0 Å². The minimum absolute atomic E-state index is 0.246. The lowest BCUT2D eigenvalue weighted by Gasteiger charge is -2.31. The van der Waals surface area contributed by atoms with Crippen LogP contribution in [0, 0.1) is 5.92 Å². The van der Waals surface area contributed by atoms with E-state index in [1.165, 1.54) is 18.4 Å². The fraction of sp³-hybridized carbons (Fsp3) is 0.650. The number of methoxy groups -OCH3 is 1. The van der Waals surface area contributed by atoms with Crippen molar-refractivity contribution in [3.05, 3.63) is 34.9 Å². The average molecular weight is 381 g/mol. The van der Waals surface area contributed by atoms with Gasteiger partial charge in [0.1, 0.15) is 0 Å². The van der Waals surface area contributed by atoms with Crippen LogP contribution in [0.15, 0.2) is 29.3 Å². The van der Waals surface area contributed by atoms with E-state index in [0.717, 1.165) is 43.7 Å². The summed E-state index contributed by atoms with van der Waals surface area (Å²) in [6.07, 6.45) is 2.36. The zero-order valence-electron chi connectivity index (χ0n) is 16.3. The first kappa shape index (κ1) is 21.0. The summed E-state index contributed by atoms with van der Waals surface area (Å²) in [7, 11) is 1.72. The van der Waals surface area contributed by atoms with Crippen LogP contribution in [0.25, 0.3) is 0 Å². The summed E-state index contributed by atoms with van der Waals surface area (Å²) in [4.78, 5) is 7.27. The Bertz CT molecular complexity index is 558. The van der Waals surface area contributed by atoms with Crippen LogP contribution in [0.5, 0.6) is 0 Å². The molecular weight excluding hydrogens is 348 g/mol. The Labute approximate surface area is 163 Å². The average Bonchev–Trinajstić information content (AvgIpc) is 2.63. The summed E-state index contributed by atoms with van der Waals surface area (Å²) < 4.78 is 5.19. The summed E-state index contributed by atoms with van der Waals surface area (Å²) >= 11 is 6.28. The molecule has 1 fully saturated rings. The van der Waals surface area contributed by atoms with E-state index in [2.05, 4.69) is 41.5 Å². The third-order valence-electron chi connectivity index (χ3n) is 4.71. The topological polar surface area (TPSA) is 48.9 Å². The van der Waals surface area contributed by atoms with Crippen molar-refractivity contribution in [2.24, 2.45) is 10.9 Å². The minimum Gasteiger partial charge on any atom is -0.383 e. The smallest absolute Gasteiger partial charge is 0.191 e. The van der Waals surface area contributed by atoms with Crippen molar-refractivity contribution in [3.8, 4) is 0 Å². The number of aliphatic imine (C=N–C) groups is 1. The Balaban J connectivity index is 1.78. The van der Waals surface area contributed by atoms with Gasteiger partial charge in [-0.1, -0.05) is 29.8 Å². The molecule has 0 amide bonds. The van der Waals surface area contributed by atoms with E-state index in [-0.39, 0.29) is 6.04 Å². The fourth-order valence-corrected chi connectivity index (χ4v) is 3.46. The third-order valence-corrected chi connectivity index (χ3v) is 5.08. The van der Waals surface area contributed by atoms with Gasteiger partial charge in [-0.25, -0.2) is 0 Å². The molecule has 1 heterocycles. The van der Waals surface area contributed by atoms with Gasteiger partial charge in [0.2, 0.25) is 0 Å². The molecule has 0 spiro atoms.